The smallest absolute Gasteiger partial charge is 1.00 e. The molecule has 2 aromatic rings. The van der Waals surface area contributed by atoms with E-state index in [1.165, 1.54) is 37.9 Å². The summed E-state index contributed by atoms with van der Waals surface area (Å²) in [5, 5.41) is 2.69. The van der Waals surface area contributed by atoms with E-state index in [2.05, 4.69) is 57.2 Å². The van der Waals surface area contributed by atoms with Gasteiger partial charge in [0.15, 0.2) is 0 Å². The topological polar surface area (TPSA) is 0 Å². The van der Waals surface area contributed by atoms with Crippen LogP contribution in [-0.2, 0) is 26.2 Å². The van der Waals surface area contributed by atoms with Gasteiger partial charge in [-0.3, -0.25) is 0 Å². The molecule has 18 heavy (non-hydrogen) atoms. The first-order valence-electron chi connectivity index (χ1n) is 5.60. The standard InChI is InChI=1S/C10H9.C4H10Si.2BrH.Zr/c1-8-6-9-4-2-3-5-10(9)7-8;1-3-5-4-2;;;/h2-7H,1H3;3-4H2,1-2H3;2*1H;/q-1;;;;+3/p-2. The van der Waals surface area contributed by atoms with Crippen LogP contribution in [0.3, 0.4) is 0 Å². The van der Waals surface area contributed by atoms with Crippen LogP contribution in [-0.4, -0.2) is 9.52 Å². The summed E-state index contributed by atoms with van der Waals surface area (Å²) < 4.78 is 0. The second-order valence-corrected chi connectivity index (χ2v) is 5.53. The van der Waals surface area contributed by atoms with E-state index in [1.807, 2.05) is 0 Å². The van der Waals surface area contributed by atoms with Crippen LogP contribution >= 0.6 is 0 Å². The van der Waals surface area contributed by atoms with Gasteiger partial charge in [-0.1, -0.05) is 38.9 Å². The van der Waals surface area contributed by atoms with E-state index >= 15 is 0 Å². The molecule has 0 nitrogen and oxygen atoms in total. The van der Waals surface area contributed by atoms with Gasteiger partial charge in [-0.15, -0.1) is 40.6 Å². The molecule has 0 N–H and O–H groups in total. The maximum absolute atomic E-state index is 2.22. The van der Waals surface area contributed by atoms with Gasteiger partial charge in [0.25, 0.3) is 0 Å². The number of benzene rings is 1. The van der Waals surface area contributed by atoms with Gasteiger partial charge in [-0.05, 0) is 0 Å². The maximum Gasteiger partial charge on any atom is 3.00 e. The molecule has 2 aromatic carbocycles. The first-order chi connectivity index (χ1) is 7.27. The van der Waals surface area contributed by atoms with Gasteiger partial charge in [-0.25, -0.2) is 0 Å². The molecule has 0 bridgehead atoms. The average molecular weight is 466 g/mol. The Morgan fingerprint density at radius 3 is 2.06 bits per heavy atom. The van der Waals surface area contributed by atoms with Crippen molar-refractivity contribution in [2.45, 2.75) is 32.9 Å². The molecule has 0 heterocycles. The number of fused-ring (bicyclic) bond motifs is 1. The van der Waals surface area contributed by atoms with Gasteiger partial charge in [0.2, 0.25) is 0 Å². The third kappa shape index (κ3) is 8.90. The molecular weight excluding hydrogens is 447 g/mol. The molecule has 0 unspecified atom stereocenters. The Labute approximate surface area is 154 Å². The minimum atomic E-state index is 0. The Morgan fingerprint density at radius 1 is 1.06 bits per heavy atom. The second-order valence-electron chi connectivity index (χ2n) is 3.62. The van der Waals surface area contributed by atoms with Crippen molar-refractivity contribution in [1.29, 1.82) is 0 Å². The summed E-state index contributed by atoms with van der Waals surface area (Å²) in [7, 11) is 1.20. The molecule has 0 amide bonds. The summed E-state index contributed by atoms with van der Waals surface area (Å²) in [5.41, 5.74) is 1.35. The predicted octanol–water partition coefficient (Wildman–Crippen LogP) is -1.56. The summed E-state index contributed by atoms with van der Waals surface area (Å²) in [6.45, 7) is 6.57. The van der Waals surface area contributed by atoms with Gasteiger partial charge in [0, 0.05) is 9.52 Å². The molecule has 97 valence electrons. The molecule has 0 spiro atoms. The Morgan fingerprint density at radius 2 is 1.61 bits per heavy atom. The second kappa shape index (κ2) is 14.3. The normalized spacial score (nSPS) is 8.17. The summed E-state index contributed by atoms with van der Waals surface area (Å²) in [4.78, 5) is 0. The fourth-order valence-electron chi connectivity index (χ4n) is 1.56. The van der Waals surface area contributed by atoms with Crippen molar-refractivity contribution in [3.05, 3.63) is 42.0 Å². The van der Waals surface area contributed by atoms with Crippen molar-refractivity contribution in [3.8, 4) is 0 Å². The van der Waals surface area contributed by atoms with Crippen LogP contribution in [0.4, 0.5) is 0 Å². The van der Waals surface area contributed by atoms with E-state index in [9.17, 15) is 0 Å². The molecule has 0 atom stereocenters. The van der Waals surface area contributed by atoms with Crippen molar-refractivity contribution in [2.24, 2.45) is 0 Å². The molecule has 0 aliphatic rings. The summed E-state index contributed by atoms with van der Waals surface area (Å²) in [5.74, 6) is 0. The van der Waals surface area contributed by atoms with Crippen LogP contribution in [0.15, 0.2) is 36.4 Å². The molecular formula is C14H19Br2SiZr. The van der Waals surface area contributed by atoms with Crippen molar-refractivity contribution >= 4 is 20.3 Å². The van der Waals surface area contributed by atoms with Crippen LogP contribution in [0, 0.1) is 6.92 Å². The van der Waals surface area contributed by atoms with Crippen molar-refractivity contribution in [3.63, 3.8) is 0 Å². The first-order valence-corrected chi connectivity index (χ1v) is 7.02. The van der Waals surface area contributed by atoms with Crippen molar-refractivity contribution in [2.75, 3.05) is 0 Å². The molecule has 4 heteroatoms. The zero-order chi connectivity index (χ0) is 11.1. The third-order valence-corrected chi connectivity index (χ3v) is 3.26. The molecule has 0 fully saturated rings. The minimum absolute atomic E-state index is 0. The SMILES string of the molecule is CC[Si]CC.Cc1cc2ccccc2[cH-]1.[Br-].[Br-].[Zr+3]. The Hall–Kier alpha value is 0.890. The molecule has 3 radical (unpaired) electrons. The van der Waals surface area contributed by atoms with E-state index in [-0.39, 0.29) is 60.2 Å². The van der Waals surface area contributed by atoms with E-state index in [0.29, 0.717) is 0 Å². The fraction of sp³-hybridized carbons (Fsp3) is 0.357. The van der Waals surface area contributed by atoms with Gasteiger partial charge in [0.1, 0.15) is 0 Å². The molecule has 0 aliphatic carbocycles. The van der Waals surface area contributed by atoms with Crippen LogP contribution < -0.4 is 34.0 Å². The minimum Gasteiger partial charge on any atom is -1.00 e. The van der Waals surface area contributed by atoms with Gasteiger partial charge < -0.3 is 34.0 Å². The van der Waals surface area contributed by atoms with Crippen molar-refractivity contribution in [1.82, 2.24) is 0 Å². The maximum atomic E-state index is 2.22. The Bertz CT molecular complexity index is 366. The monoisotopic (exact) mass is 463 g/mol. The molecule has 0 aliphatic heterocycles. The molecule has 2 rings (SSSR count). The third-order valence-electron chi connectivity index (χ3n) is 2.26. The molecule has 0 aromatic heterocycles. The van der Waals surface area contributed by atoms with E-state index in [1.54, 1.807) is 0 Å². The van der Waals surface area contributed by atoms with Crippen LogP contribution in [0.1, 0.15) is 19.4 Å². The predicted molar refractivity (Wildman–Crippen MR) is 71.0 cm³/mol. The zero-order valence-electron chi connectivity index (χ0n) is 11.1. The first kappa shape index (κ1) is 23.9. The van der Waals surface area contributed by atoms with Gasteiger partial charge in [-0.2, -0.15) is 6.07 Å². The molecule has 0 saturated heterocycles. The van der Waals surface area contributed by atoms with Gasteiger partial charge >= 0.3 is 26.2 Å². The number of hydrogen-bond donors (Lipinski definition) is 0. The molecule has 0 saturated carbocycles. The van der Waals surface area contributed by atoms with E-state index in [0.717, 1.165) is 0 Å². The van der Waals surface area contributed by atoms with Crippen LogP contribution in [0.25, 0.3) is 10.8 Å². The number of rotatable bonds is 2. The average Bonchev–Trinajstić information content (AvgIpc) is 2.60. The van der Waals surface area contributed by atoms with Crippen LogP contribution in [0.2, 0.25) is 12.1 Å². The van der Waals surface area contributed by atoms with Gasteiger partial charge in [0.05, 0.1) is 0 Å². The Kier molecular flexibility index (Phi) is 19.0. The quantitative estimate of drug-likeness (QED) is 0.371. The van der Waals surface area contributed by atoms with E-state index < -0.39 is 0 Å². The number of hydrogen-bond acceptors (Lipinski definition) is 0. The summed E-state index contributed by atoms with van der Waals surface area (Å²) >= 11 is 0. The summed E-state index contributed by atoms with van der Waals surface area (Å²) in [6.07, 6.45) is 0. The fourth-order valence-corrected chi connectivity index (χ4v) is 2.06. The van der Waals surface area contributed by atoms with Crippen LogP contribution in [0.5, 0.6) is 0 Å². The zero-order valence-corrected chi connectivity index (χ0v) is 17.8. The number of halogens is 2. The summed E-state index contributed by atoms with van der Waals surface area (Å²) in [6, 6.07) is 15.6. The largest absolute Gasteiger partial charge is 3.00 e. The van der Waals surface area contributed by atoms with E-state index in [4.69, 9.17) is 0 Å². The number of aryl methyl sites for hydroxylation is 1. The Balaban J connectivity index is -0.000000252. The van der Waals surface area contributed by atoms with Crippen molar-refractivity contribution < 1.29 is 60.2 Å².